The molecule has 0 saturated carbocycles. The van der Waals surface area contributed by atoms with Crippen molar-refractivity contribution in [2.24, 2.45) is 5.73 Å². The van der Waals surface area contributed by atoms with Crippen molar-refractivity contribution in [3.05, 3.63) is 47.8 Å². The number of rotatable bonds is 2. The van der Waals surface area contributed by atoms with E-state index in [1.807, 2.05) is 0 Å². The quantitative estimate of drug-likeness (QED) is 0.920. The summed E-state index contributed by atoms with van der Waals surface area (Å²) in [5.41, 5.74) is 5.45. The molecular weight excluding hydrogens is 309 g/mol. The van der Waals surface area contributed by atoms with Crippen LogP contribution >= 0.6 is 0 Å². The van der Waals surface area contributed by atoms with E-state index in [4.69, 9.17) is 5.73 Å². The predicted molar refractivity (Wildman–Crippen MR) is 77.1 cm³/mol. The van der Waals surface area contributed by atoms with Gasteiger partial charge in [-0.15, -0.1) is 0 Å². The fourth-order valence-corrected chi connectivity index (χ4v) is 2.54. The smallest absolute Gasteiger partial charge is 0.336 e. The molecule has 0 unspecified atom stereocenters. The van der Waals surface area contributed by atoms with Crippen LogP contribution in [0.2, 0.25) is 0 Å². The van der Waals surface area contributed by atoms with Crippen molar-refractivity contribution in [3.63, 3.8) is 0 Å². The number of likely N-dealkylation sites (tertiary alicyclic amines) is 1. The summed E-state index contributed by atoms with van der Waals surface area (Å²) in [4.78, 5) is 13.9. The molecular formula is C15H15F3N4O. The third kappa shape index (κ3) is 3.21. The van der Waals surface area contributed by atoms with Gasteiger partial charge in [0, 0.05) is 25.3 Å². The highest BCUT2D eigenvalue weighted by Gasteiger charge is 2.31. The minimum atomic E-state index is -4.42. The van der Waals surface area contributed by atoms with Crippen LogP contribution in [0.15, 0.2) is 36.5 Å². The van der Waals surface area contributed by atoms with Crippen molar-refractivity contribution in [2.75, 3.05) is 13.1 Å². The van der Waals surface area contributed by atoms with Crippen LogP contribution in [0, 0.1) is 0 Å². The normalized spacial score (nSPS) is 18.4. The van der Waals surface area contributed by atoms with E-state index in [1.165, 1.54) is 29.1 Å². The summed E-state index contributed by atoms with van der Waals surface area (Å²) < 4.78 is 39.5. The number of halogens is 3. The Hall–Kier alpha value is -2.35. The van der Waals surface area contributed by atoms with Crippen molar-refractivity contribution >= 4 is 5.91 Å². The highest BCUT2D eigenvalue weighted by atomic mass is 19.4. The Kier molecular flexibility index (Phi) is 3.85. The molecule has 1 aromatic carbocycles. The Balaban J connectivity index is 1.83. The molecule has 122 valence electrons. The van der Waals surface area contributed by atoms with Gasteiger partial charge >= 0.3 is 6.18 Å². The number of carbonyl (C=O) groups is 1. The maximum atomic E-state index is 12.8. The minimum Gasteiger partial charge on any atom is -0.336 e. The van der Waals surface area contributed by atoms with Gasteiger partial charge in [-0.05, 0) is 30.7 Å². The maximum Gasteiger partial charge on any atom is 0.416 e. The van der Waals surface area contributed by atoms with Crippen LogP contribution in [-0.4, -0.2) is 39.7 Å². The summed E-state index contributed by atoms with van der Waals surface area (Å²) in [6.45, 7) is 1.03. The summed E-state index contributed by atoms with van der Waals surface area (Å²) in [5, 5.41) is 4.09. The molecule has 0 radical (unpaired) electrons. The average molecular weight is 324 g/mol. The van der Waals surface area contributed by atoms with Crippen molar-refractivity contribution in [1.29, 1.82) is 0 Å². The number of benzene rings is 1. The number of nitrogens with two attached hydrogens (primary N) is 1. The van der Waals surface area contributed by atoms with Gasteiger partial charge in [-0.2, -0.15) is 18.3 Å². The molecule has 0 bridgehead atoms. The average Bonchev–Trinajstić information content (AvgIpc) is 3.15. The molecule has 1 aliphatic heterocycles. The zero-order valence-electron chi connectivity index (χ0n) is 12.1. The Morgan fingerprint density at radius 2 is 2.09 bits per heavy atom. The monoisotopic (exact) mass is 324 g/mol. The zero-order valence-corrected chi connectivity index (χ0v) is 12.1. The van der Waals surface area contributed by atoms with Gasteiger partial charge in [0.25, 0.3) is 5.91 Å². The molecule has 1 aliphatic rings. The SMILES string of the molecule is N[C@@H]1CCN(C(=O)c2ccn(-c3cccc(C(F)(F)F)c3)n2)C1. The molecule has 8 heteroatoms. The van der Waals surface area contributed by atoms with E-state index in [0.29, 0.717) is 13.1 Å². The Bertz CT molecular complexity index is 726. The molecule has 0 aliphatic carbocycles. The van der Waals surface area contributed by atoms with Crippen molar-refractivity contribution in [2.45, 2.75) is 18.6 Å². The fourth-order valence-electron chi connectivity index (χ4n) is 2.54. The second-order valence-corrected chi connectivity index (χ2v) is 5.49. The van der Waals surface area contributed by atoms with E-state index < -0.39 is 11.7 Å². The summed E-state index contributed by atoms with van der Waals surface area (Å²) >= 11 is 0. The van der Waals surface area contributed by atoms with Crippen molar-refractivity contribution in [1.82, 2.24) is 14.7 Å². The Morgan fingerprint density at radius 3 is 2.74 bits per heavy atom. The van der Waals surface area contributed by atoms with Crippen LogP contribution in [0.5, 0.6) is 0 Å². The van der Waals surface area contributed by atoms with Gasteiger partial charge in [-0.1, -0.05) is 6.07 Å². The van der Waals surface area contributed by atoms with Gasteiger partial charge in [-0.3, -0.25) is 4.79 Å². The van der Waals surface area contributed by atoms with Crippen LogP contribution in [-0.2, 0) is 6.18 Å². The highest BCUT2D eigenvalue weighted by molar-refractivity contribution is 5.92. The minimum absolute atomic E-state index is 0.0375. The van der Waals surface area contributed by atoms with Crippen LogP contribution in [0.1, 0.15) is 22.5 Å². The number of hydrogen-bond acceptors (Lipinski definition) is 3. The van der Waals surface area contributed by atoms with Crippen LogP contribution in [0.3, 0.4) is 0 Å². The van der Waals surface area contributed by atoms with Gasteiger partial charge in [-0.25, -0.2) is 4.68 Å². The second-order valence-electron chi connectivity index (χ2n) is 5.49. The number of hydrogen-bond donors (Lipinski definition) is 1. The molecule has 23 heavy (non-hydrogen) atoms. The summed E-state index contributed by atoms with van der Waals surface area (Å²) in [6, 6.07) is 6.25. The predicted octanol–water partition coefficient (Wildman–Crippen LogP) is 2.06. The van der Waals surface area contributed by atoms with Gasteiger partial charge < -0.3 is 10.6 Å². The molecule has 2 N–H and O–H groups in total. The number of alkyl halides is 3. The van der Waals surface area contributed by atoms with E-state index >= 15 is 0 Å². The molecule has 3 rings (SSSR count). The topological polar surface area (TPSA) is 64.2 Å². The van der Waals surface area contributed by atoms with Gasteiger partial charge in [0.15, 0.2) is 5.69 Å². The number of nitrogens with zero attached hydrogens (tertiary/aromatic N) is 3. The second kappa shape index (κ2) is 5.69. The lowest BCUT2D eigenvalue weighted by Crippen LogP contribution is -2.32. The molecule has 1 fully saturated rings. The molecule has 0 spiro atoms. The van der Waals surface area contributed by atoms with Crippen LogP contribution < -0.4 is 5.73 Å². The van der Waals surface area contributed by atoms with Gasteiger partial charge in [0.05, 0.1) is 11.3 Å². The van der Waals surface area contributed by atoms with Gasteiger partial charge in [0.2, 0.25) is 0 Å². The first-order valence-electron chi connectivity index (χ1n) is 7.13. The largest absolute Gasteiger partial charge is 0.416 e. The van der Waals surface area contributed by atoms with Crippen molar-refractivity contribution in [3.8, 4) is 5.69 Å². The number of aromatic nitrogens is 2. The third-order valence-electron chi connectivity index (χ3n) is 3.76. The number of amides is 1. The summed E-state index contributed by atoms with van der Waals surface area (Å²) in [6.07, 6.45) is -2.22. The van der Waals surface area contributed by atoms with E-state index in [0.717, 1.165) is 18.6 Å². The maximum absolute atomic E-state index is 12.8. The first kappa shape index (κ1) is 15.5. The number of carbonyl (C=O) groups excluding carboxylic acids is 1. The van der Waals surface area contributed by atoms with E-state index in [9.17, 15) is 18.0 Å². The van der Waals surface area contributed by atoms with Crippen LogP contribution in [0.4, 0.5) is 13.2 Å². The first-order valence-corrected chi connectivity index (χ1v) is 7.13. The Labute approximate surface area is 130 Å². The molecule has 2 aromatic rings. The molecule has 5 nitrogen and oxygen atoms in total. The summed E-state index contributed by atoms with van der Waals surface area (Å²) in [5.74, 6) is -0.260. The lowest BCUT2D eigenvalue weighted by Gasteiger charge is -2.13. The third-order valence-corrected chi connectivity index (χ3v) is 3.76. The van der Waals surface area contributed by atoms with Crippen LogP contribution in [0.25, 0.3) is 5.69 Å². The molecule has 2 heterocycles. The molecule has 1 saturated heterocycles. The lowest BCUT2D eigenvalue weighted by atomic mass is 10.2. The van der Waals surface area contributed by atoms with E-state index in [2.05, 4.69) is 5.10 Å². The first-order chi connectivity index (χ1) is 10.8. The highest BCUT2D eigenvalue weighted by Crippen LogP contribution is 2.30. The molecule has 1 amide bonds. The van der Waals surface area contributed by atoms with E-state index in [1.54, 1.807) is 4.90 Å². The summed E-state index contributed by atoms with van der Waals surface area (Å²) in [7, 11) is 0. The van der Waals surface area contributed by atoms with Gasteiger partial charge in [0.1, 0.15) is 0 Å². The van der Waals surface area contributed by atoms with Crippen molar-refractivity contribution < 1.29 is 18.0 Å². The standard InChI is InChI=1S/C15H15F3N4O/c16-15(17,18)10-2-1-3-12(8-10)22-7-5-13(20-22)14(23)21-6-4-11(19)9-21/h1-3,5,7-8,11H,4,6,9,19H2/t11-/m1/s1. The zero-order chi connectivity index (χ0) is 16.6. The fraction of sp³-hybridized carbons (Fsp3) is 0.333. The lowest BCUT2D eigenvalue weighted by molar-refractivity contribution is -0.137. The molecule has 1 aromatic heterocycles. The molecule has 1 atom stereocenters. The van der Waals surface area contributed by atoms with E-state index in [-0.39, 0.29) is 23.3 Å². The Morgan fingerprint density at radius 1 is 1.30 bits per heavy atom.